The second-order valence-corrected chi connectivity index (χ2v) is 7.81. The van der Waals surface area contributed by atoms with E-state index in [1.807, 2.05) is 19.9 Å². The first-order chi connectivity index (χ1) is 15.5. The number of carbonyl (C=O) groups is 2. The van der Waals surface area contributed by atoms with Crippen molar-refractivity contribution < 1.29 is 14.3 Å². The third kappa shape index (κ3) is 5.24. The van der Waals surface area contributed by atoms with Crippen LogP contribution in [0.2, 0.25) is 0 Å². The highest BCUT2D eigenvalue weighted by atomic mass is 16.5. The maximum atomic E-state index is 13.1. The van der Waals surface area contributed by atoms with Crippen LogP contribution in [0.3, 0.4) is 0 Å². The fraction of sp³-hybridized carbons (Fsp3) is 0.417. The molecular formula is C24H29N5O3. The minimum atomic E-state index is -0.299. The Morgan fingerprint density at radius 1 is 1.16 bits per heavy atom. The Hall–Kier alpha value is -3.44. The van der Waals surface area contributed by atoms with E-state index in [1.54, 1.807) is 47.5 Å². The van der Waals surface area contributed by atoms with Gasteiger partial charge in [0.15, 0.2) is 0 Å². The van der Waals surface area contributed by atoms with E-state index in [9.17, 15) is 14.9 Å². The van der Waals surface area contributed by atoms with Crippen LogP contribution in [0.15, 0.2) is 36.2 Å². The van der Waals surface area contributed by atoms with Gasteiger partial charge in [-0.25, -0.2) is 0 Å². The Bertz CT molecular complexity index is 1040. The molecule has 3 rings (SSSR count). The summed E-state index contributed by atoms with van der Waals surface area (Å²) in [6.45, 7) is 7.16. The molecule has 0 aromatic carbocycles. The van der Waals surface area contributed by atoms with Crippen LogP contribution in [-0.2, 0) is 16.1 Å². The van der Waals surface area contributed by atoms with Crippen LogP contribution in [0.1, 0.15) is 33.7 Å². The number of pyridine rings is 1. The summed E-state index contributed by atoms with van der Waals surface area (Å²) in [6.07, 6.45) is 5.51. The maximum Gasteiger partial charge on any atom is 0.264 e. The quantitative estimate of drug-likeness (QED) is 0.513. The number of ether oxygens (including phenoxy) is 1. The second-order valence-electron chi connectivity index (χ2n) is 7.81. The zero-order valence-corrected chi connectivity index (χ0v) is 18.9. The summed E-state index contributed by atoms with van der Waals surface area (Å²) in [6, 6.07) is 7.44. The molecule has 0 unspecified atom stereocenters. The number of hydrogen-bond donors (Lipinski definition) is 0. The van der Waals surface area contributed by atoms with Gasteiger partial charge in [0.2, 0.25) is 0 Å². The minimum absolute atomic E-state index is 0.0683. The van der Waals surface area contributed by atoms with Gasteiger partial charge in [-0.05, 0) is 50.1 Å². The van der Waals surface area contributed by atoms with Gasteiger partial charge in [-0.1, -0.05) is 0 Å². The molecule has 3 heterocycles. The Morgan fingerprint density at radius 3 is 2.53 bits per heavy atom. The zero-order valence-electron chi connectivity index (χ0n) is 18.9. The average Bonchev–Trinajstić information content (AvgIpc) is 2.98. The second kappa shape index (κ2) is 10.7. The zero-order chi connectivity index (χ0) is 23.1. The lowest BCUT2D eigenvalue weighted by Crippen LogP contribution is -2.37. The molecule has 1 aliphatic heterocycles. The van der Waals surface area contributed by atoms with Crippen LogP contribution < -0.4 is 0 Å². The van der Waals surface area contributed by atoms with Gasteiger partial charge in [-0.15, -0.1) is 0 Å². The molecule has 0 atom stereocenters. The third-order valence-electron chi connectivity index (χ3n) is 5.78. The van der Waals surface area contributed by atoms with E-state index in [4.69, 9.17) is 4.74 Å². The van der Waals surface area contributed by atoms with Gasteiger partial charge in [0.1, 0.15) is 11.6 Å². The molecule has 0 aliphatic carbocycles. The number of carbonyl (C=O) groups excluding carboxylic acids is 2. The van der Waals surface area contributed by atoms with Crippen molar-refractivity contribution in [3.05, 3.63) is 58.7 Å². The first-order valence-corrected chi connectivity index (χ1v) is 10.7. The van der Waals surface area contributed by atoms with Crippen molar-refractivity contribution in [3.8, 4) is 6.07 Å². The van der Waals surface area contributed by atoms with E-state index in [0.29, 0.717) is 51.3 Å². The van der Waals surface area contributed by atoms with Crippen molar-refractivity contribution in [2.75, 3.05) is 39.9 Å². The van der Waals surface area contributed by atoms with Gasteiger partial charge >= 0.3 is 0 Å². The van der Waals surface area contributed by atoms with Crippen LogP contribution in [0.4, 0.5) is 0 Å². The molecule has 1 fully saturated rings. The van der Waals surface area contributed by atoms with Crippen molar-refractivity contribution in [2.45, 2.75) is 26.8 Å². The summed E-state index contributed by atoms with van der Waals surface area (Å²) < 4.78 is 7.28. The number of nitriles is 1. The maximum absolute atomic E-state index is 13.1. The van der Waals surface area contributed by atoms with Gasteiger partial charge in [-0.2, -0.15) is 5.26 Å². The van der Waals surface area contributed by atoms with Gasteiger partial charge in [0.05, 0.1) is 6.61 Å². The predicted octanol–water partition coefficient (Wildman–Crippen LogP) is 2.43. The van der Waals surface area contributed by atoms with Gasteiger partial charge in [0.25, 0.3) is 11.8 Å². The molecule has 0 bridgehead atoms. The molecule has 168 valence electrons. The lowest BCUT2D eigenvalue weighted by Gasteiger charge is -2.22. The average molecular weight is 436 g/mol. The number of rotatable bonds is 6. The molecule has 0 spiro atoms. The number of hydrogen-bond acceptors (Lipinski definition) is 5. The van der Waals surface area contributed by atoms with Crippen molar-refractivity contribution in [2.24, 2.45) is 0 Å². The minimum Gasteiger partial charge on any atom is -0.383 e. The summed E-state index contributed by atoms with van der Waals surface area (Å²) in [5, 5.41) is 9.69. The molecular weight excluding hydrogens is 406 g/mol. The highest BCUT2D eigenvalue weighted by Gasteiger charge is 2.25. The molecule has 0 radical (unpaired) electrons. The third-order valence-corrected chi connectivity index (χ3v) is 5.78. The smallest absolute Gasteiger partial charge is 0.264 e. The first kappa shape index (κ1) is 23.2. The Labute approximate surface area is 188 Å². The predicted molar refractivity (Wildman–Crippen MR) is 121 cm³/mol. The fourth-order valence-electron chi connectivity index (χ4n) is 3.97. The first-order valence-electron chi connectivity index (χ1n) is 10.7. The lowest BCUT2D eigenvalue weighted by atomic mass is 10.1. The Kier molecular flexibility index (Phi) is 7.79. The normalized spacial score (nSPS) is 14.8. The van der Waals surface area contributed by atoms with Crippen LogP contribution >= 0.6 is 0 Å². The summed E-state index contributed by atoms with van der Waals surface area (Å²) >= 11 is 0. The molecule has 1 saturated heterocycles. The molecule has 8 nitrogen and oxygen atoms in total. The highest BCUT2D eigenvalue weighted by Crippen LogP contribution is 2.20. The van der Waals surface area contributed by atoms with E-state index >= 15 is 0 Å². The van der Waals surface area contributed by atoms with E-state index in [1.165, 1.54) is 0 Å². The SMILES string of the molecule is COCCn1c(C)cc(/C=C(/C#N)C(=O)N2CCCN(C(=O)c3ccncc3)CC2)c1C. The summed E-state index contributed by atoms with van der Waals surface area (Å²) in [5.74, 6) is -0.367. The van der Waals surface area contributed by atoms with E-state index in [-0.39, 0.29) is 17.4 Å². The van der Waals surface area contributed by atoms with Crippen LogP contribution in [0.5, 0.6) is 0 Å². The molecule has 8 heteroatoms. The highest BCUT2D eigenvalue weighted by molar-refractivity contribution is 6.02. The molecule has 2 amide bonds. The van der Waals surface area contributed by atoms with Crippen LogP contribution in [-0.4, -0.2) is 71.1 Å². The molecule has 0 N–H and O–H groups in total. The van der Waals surface area contributed by atoms with Crippen molar-refractivity contribution in [1.82, 2.24) is 19.4 Å². The van der Waals surface area contributed by atoms with Crippen molar-refractivity contribution in [1.29, 1.82) is 5.26 Å². The number of methoxy groups -OCH3 is 1. The Morgan fingerprint density at radius 2 is 1.84 bits per heavy atom. The van der Waals surface area contributed by atoms with Gasteiger partial charge in [-0.3, -0.25) is 14.6 Å². The summed E-state index contributed by atoms with van der Waals surface area (Å²) in [4.78, 5) is 33.2. The van der Waals surface area contributed by atoms with E-state index in [2.05, 4.69) is 15.6 Å². The number of nitrogens with zero attached hydrogens (tertiary/aromatic N) is 5. The standard InChI is InChI=1S/C24H29N5O3/c1-18-15-21(19(2)29(18)13-14-32-3)16-22(17-25)24(31)28-10-4-9-27(11-12-28)23(30)20-5-7-26-8-6-20/h5-8,15-16H,4,9-14H2,1-3H3/b22-16-. The van der Waals surface area contributed by atoms with Crippen LogP contribution in [0.25, 0.3) is 6.08 Å². The van der Waals surface area contributed by atoms with E-state index in [0.717, 1.165) is 17.0 Å². The number of aryl methyl sites for hydroxylation is 1. The summed E-state index contributed by atoms with van der Waals surface area (Å²) in [7, 11) is 1.66. The number of aromatic nitrogens is 2. The molecule has 1 aliphatic rings. The molecule has 2 aromatic rings. The monoisotopic (exact) mass is 435 g/mol. The van der Waals surface area contributed by atoms with Crippen LogP contribution in [0, 0.1) is 25.2 Å². The molecule has 32 heavy (non-hydrogen) atoms. The van der Waals surface area contributed by atoms with Gasteiger partial charge < -0.3 is 19.1 Å². The summed E-state index contributed by atoms with van der Waals surface area (Å²) in [5.41, 5.74) is 3.58. The molecule has 2 aromatic heterocycles. The number of amides is 2. The molecule has 0 saturated carbocycles. The van der Waals surface area contributed by atoms with Crippen molar-refractivity contribution >= 4 is 17.9 Å². The van der Waals surface area contributed by atoms with Gasteiger partial charge in [0, 0.05) is 69.2 Å². The largest absolute Gasteiger partial charge is 0.383 e. The fourth-order valence-corrected chi connectivity index (χ4v) is 3.97. The Balaban J connectivity index is 1.72. The van der Waals surface area contributed by atoms with E-state index < -0.39 is 0 Å². The topological polar surface area (TPSA) is 91.5 Å². The van der Waals surface area contributed by atoms with Crippen molar-refractivity contribution in [3.63, 3.8) is 0 Å². The lowest BCUT2D eigenvalue weighted by molar-refractivity contribution is -0.126.